The Labute approximate surface area is 87.8 Å². The van der Waals surface area contributed by atoms with Gasteiger partial charge in [0.2, 0.25) is 0 Å². The van der Waals surface area contributed by atoms with Crippen LogP contribution in [0, 0.1) is 0 Å². The summed E-state index contributed by atoms with van der Waals surface area (Å²) in [5.74, 6) is 0. The second-order valence-corrected chi connectivity index (χ2v) is 4.51. The lowest BCUT2D eigenvalue weighted by Gasteiger charge is -2.34. The normalized spacial score (nSPS) is 21.8. The average Bonchev–Trinajstić information content (AvgIpc) is 2.48. The number of rotatable bonds is 4. The highest BCUT2D eigenvalue weighted by molar-refractivity contribution is 5.57. The van der Waals surface area contributed by atoms with Crippen LogP contribution in [0.3, 0.4) is 0 Å². The molecule has 0 aromatic rings. The van der Waals surface area contributed by atoms with E-state index in [1.165, 1.54) is 12.8 Å². The van der Waals surface area contributed by atoms with E-state index in [9.17, 15) is 0 Å². The zero-order valence-corrected chi connectivity index (χ0v) is 10.1. The zero-order chi connectivity index (χ0) is 10.7. The lowest BCUT2D eigenvalue weighted by Crippen LogP contribution is -2.45. The van der Waals surface area contributed by atoms with Crippen LogP contribution in [0.4, 0.5) is 0 Å². The van der Waals surface area contributed by atoms with Gasteiger partial charge in [-0.1, -0.05) is 13.3 Å². The van der Waals surface area contributed by atoms with Gasteiger partial charge in [0.25, 0.3) is 0 Å². The van der Waals surface area contributed by atoms with Crippen molar-refractivity contribution in [3.63, 3.8) is 0 Å². The lowest BCUT2D eigenvalue weighted by atomic mass is 10.2. The van der Waals surface area contributed by atoms with Gasteiger partial charge in [-0.15, -0.1) is 0 Å². The quantitative estimate of drug-likeness (QED) is 0.689. The SMILES string of the molecule is CCCC1N(C(C)C)C=NN1C(C)C. The third-order valence-electron chi connectivity index (χ3n) is 2.64. The van der Waals surface area contributed by atoms with E-state index in [1.54, 1.807) is 0 Å². The predicted octanol–water partition coefficient (Wildman–Crippen LogP) is 2.49. The van der Waals surface area contributed by atoms with Crippen LogP contribution >= 0.6 is 0 Å². The fourth-order valence-corrected chi connectivity index (χ4v) is 1.90. The molecule has 0 aromatic carbocycles. The largest absolute Gasteiger partial charge is 0.337 e. The Balaban J connectivity index is 2.69. The van der Waals surface area contributed by atoms with Crippen molar-refractivity contribution in [1.82, 2.24) is 9.91 Å². The van der Waals surface area contributed by atoms with Gasteiger partial charge in [0, 0.05) is 12.1 Å². The molecule has 0 spiro atoms. The molecule has 0 saturated heterocycles. The maximum atomic E-state index is 4.47. The van der Waals surface area contributed by atoms with Gasteiger partial charge in [0.15, 0.2) is 0 Å². The van der Waals surface area contributed by atoms with Crippen molar-refractivity contribution in [2.45, 2.75) is 65.7 Å². The number of hydrogen-bond donors (Lipinski definition) is 0. The molecule has 0 radical (unpaired) electrons. The summed E-state index contributed by atoms with van der Waals surface area (Å²) in [5, 5.41) is 6.68. The van der Waals surface area contributed by atoms with Crippen molar-refractivity contribution < 1.29 is 0 Å². The van der Waals surface area contributed by atoms with Crippen molar-refractivity contribution in [2.75, 3.05) is 0 Å². The summed E-state index contributed by atoms with van der Waals surface area (Å²) >= 11 is 0. The van der Waals surface area contributed by atoms with Crippen molar-refractivity contribution in [3.8, 4) is 0 Å². The van der Waals surface area contributed by atoms with Crippen LogP contribution in [0.15, 0.2) is 5.10 Å². The molecule has 0 bridgehead atoms. The van der Waals surface area contributed by atoms with E-state index >= 15 is 0 Å². The number of hydrogen-bond acceptors (Lipinski definition) is 3. The first-order valence-electron chi connectivity index (χ1n) is 5.67. The van der Waals surface area contributed by atoms with E-state index in [1.807, 2.05) is 6.34 Å². The van der Waals surface area contributed by atoms with Crippen LogP contribution in [0.1, 0.15) is 47.5 Å². The molecule has 1 aliphatic rings. The van der Waals surface area contributed by atoms with Crippen LogP contribution < -0.4 is 0 Å². The molecule has 3 nitrogen and oxygen atoms in total. The smallest absolute Gasteiger partial charge is 0.119 e. The summed E-state index contributed by atoms with van der Waals surface area (Å²) in [6.07, 6.45) is 4.86. The summed E-state index contributed by atoms with van der Waals surface area (Å²) in [7, 11) is 0. The zero-order valence-electron chi connectivity index (χ0n) is 10.1. The Hall–Kier alpha value is -0.730. The van der Waals surface area contributed by atoms with Gasteiger partial charge in [-0.05, 0) is 34.1 Å². The Bertz CT molecular complexity index is 181. The van der Waals surface area contributed by atoms with Crippen molar-refractivity contribution in [2.24, 2.45) is 5.10 Å². The van der Waals surface area contributed by atoms with E-state index in [2.05, 4.69) is 49.6 Å². The van der Waals surface area contributed by atoms with E-state index in [-0.39, 0.29) is 0 Å². The highest BCUT2D eigenvalue weighted by Crippen LogP contribution is 2.21. The monoisotopic (exact) mass is 197 g/mol. The highest BCUT2D eigenvalue weighted by Gasteiger charge is 2.29. The second kappa shape index (κ2) is 4.67. The van der Waals surface area contributed by atoms with Gasteiger partial charge in [0.1, 0.15) is 12.5 Å². The minimum absolute atomic E-state index is 0.472. The van der Waals surface area contributed by atoms with E-state index in [4.69, 9.17) is 0 Å². The molecular formula is C11H23N3. The van der Waals surface area contributed by atoms with Crippen LogP contribution in [-0.4, -0.2) is 34.5 Å². The Morgan fingerprint density at radius 3 is 2.29 bits per heavy atom. The first kappa shape index (κ1) is 11.3. The Morgan fingerprint density at radius 2 is 1.86 bits per heavy atom. The molecule has 1 aliphatic heterocycles. The number of nitrogens with zero attached hydrogens (tertiary/aromatic N) is 3. The molecule has 0 saturated carbocycles. The first-order valence-corrected chi connectivity index (χ1v) is 5.67. The fourth-order valence-electron chi connectivity index (χ4n) is 1.90. The fraction of sp³-hybridized carbons (Fsp3) is 0.909. The standard InChI is InChI=1S/C11H23N3/c1-6-7-11-13(9(2)3)8-12-14(11)10(4)5/h8-11H,6-7H2,1-5H3. The van der Waals surface area contributed by atoms with Crippen LogP contribution in [0.2, 0.25) is 0 Å². The molecule has 1 unspecified atom stereocenters. The Morgan fingerprint density at radius 1 is 1.21 bits per heavy atom. The summed E-state index contributed by atoms with van der Waals surface area (Å²) in [5.41, 5.74) is 0. The maximum absolute atomic E-state index is 4.47. The summed E-state index contributed by atoms with van der Waals surface area (Å²) in [4.78, 5) is 2.35. The molecule has 14 heavy (non-hydrogen) atoms. The molecule has 0 amide bonds. The van der Waals surface area contributed by atoms with Crippen molar-refractivity contribution in [3.05, 3.63) is 0 Å². The summed E-state index contributed by atoms with van der Waals surface area (Å²) in [6, 6.07) is 1.03. The molecular weight excluding hydrogens is 174 g/mol. The molecule has 0 N–H and O–H groups in total. The van der Waals surface area contributed by atoms with E-state index in [0.29, 0.717) is 18.2 Å². The molecule has 1 atom stereocenters. The highest BCUT2D eigenvalue weighted by atomic mass is 15.6. The van der Waals surface area contributed by atoms with Gasteiger partial charge in [-0.2, -0.15) is 5.10 Å². The third-order valence-corrected chi connectivity index (χ3v) is 2.64. The van der Waals surface area contributed by atoms with E-state index in [0.717, 1.165) is 0 Å². The topological polar surface area (TPSA) is 18.8 Å². The Kier molecular flexibility index (Phi) is 3.78. The molecule has 0 aliphatic carbocycles. The molecule has 3 heteroatoms. The van der Waals surface area contributed by atoms with Crippen LogP contribution in [0.25, 0.3) is 0 Å². The van der Waals surface area contributed by atoms with E-state index < -0.39 is 0 Å². The van der Waals surface area contributed by atoms with Crippen molar-refractivity contribution >= 4 is 6.34 Å². The number of hydrazone groups is 1. The average molecular weight is 197 g/mol. The minimum atomic E-state index is 0.472. The molecule has 0 aromatic heterocycles. The lowest BCUT2D eigenvalue weighted by molar-refractivity contribution is 0.0774. The van der Waals surface area contributed by atoms with Gasteiger partial charge < -0.3 is 4.90 Å². The molecule has 82 valence electrons. The third kappa shape index (κ3) is 2.20. The second-order valence-electron chi connectivity index (χ2n) is 4.51. The molecule has 1 heterocycles. The van der Waals surface area contributed by atoms with Crippen molar-refractivity contribution in [1.29, 1.82) is 0 Å². The van der Waals surface area contributed by atoms with Gasteiger partial charge in [-0.25, -0.2) is 0 Å². The molecule has 1 rings (SSSR count). The van der Waals surface area contributed by atoms with Crippen LogP contribution in [0.5, 0.6) is 0 Å². The van der Waals surface area contributed by atoms with Gasteiger partial charge in [-0.3, -0.25) is 5.01 Å². The summed E-state index contributed by atoms with van der Waals surface area (Å²) in [6.45, 7) is 11.1. The minimum Gasteiger partial charge on any atom is -0.337 e. The summed E-state index contributed by atoms with van der Waals surface area (Å²) < 4.78 is 0. The van der Waals surface area contributed by atoms with Gasteiger partial charge >= 0.3 is 0 Å². The first-order chi connectivity index (χ1) is 6.57. The van der Waals surface area contributed by atoms with Crippen LogP contribution in [-0.2, 0) is 0 Å². The van der Waals surface area contributed by atoms with Gasteiger partial charge in [0.05, 0.1) is 0 Å². The predicted molar refractivity (Wildman–Crippen MR) is 61.1 cm³/mol. The maximum Gasteiger partial charge on any atom is 0.119 e. The molecule has 0 fully saturated rings.